The van der Waals surface area contributed by atoms with E-state index in [1.807, 2.05) is 36.4 Å². The molecule has 0 saturated heterocycles. The molecule has 92 valence electrons. The van der Waals surface area contributed by atoms with Gasteiger partial charge in [-0.2, -0.15) is 0 Å². The Morgan fingerprint density at radius 3 is 2.67 bits per heavy atom. The molecule has 1 amide bonds. The van der Waals surface area contributed by atoms with E-state index < -0.39 is 0 Å². The van der Waals surface area contributed by atoms with Gasteiger partial charge in [-0.1, -0.05) is 40.2 Å². The van der Waals surface area contributed by atoms with E-state index in [9.17, 15) is 4.79 Å². The number of carbonyl (C=O) groups excluding carboxylic acids is 1. The molecule has 0 radical (unpaired) electrons. The predicted molar refractivity (Wildman–Crippen MR) is 78.1 cm³/mol. The fraction of sp³-hybridized carbons (Fsp3) is 0.0714. The summed E-state index contributed by atoms with van der Waals surface area (Å²) in [5.74, 6) is 0.225. The normalized spacial score (nSPS) is 10.1. The van der Waals surface area contributed by atoms with Crippen LogP contribution >= 0.6 is 27.5 Å². The van der Waals surface area contributed by atoms with Gasteiger partial charge in [0, 0.05) is 21.6 Å². The molecule has 0 atom stereocenters. The van der Waals surface area contributed by atoms with Gasteiger partial charge in [0.2, 0.25) is 0 Å². The standard InChI is InChI=1S/C14H11BrClNO/c15-12-6-3-5-10(8-12)14(18)17-13-7-2-1-4-11(13)9-16/h1-8H,9H2,(H,17,18). The minimum Gasteiger partial charge on any atom is -0.322 e. The zero-order valence-corrected chi connectivity index (χ0v) is 11.8. The third kappa shape index (κ3) is 3.12. The zero-order valence-electron chi connectivity index (χ0n) is 9.49. The average Bonchev–Trinajstić information content (AvgIpc) is 2.39. The fourth-order valence-corrected chi connectivity index (χ4v) is 2.22. The Bertz CT molecular complexity index is 571. The summed E-state index contributed by atoms with van der Waals surface area (Å²) in [4.78, 5) is 12.1. The van der Waals surface area contributed by atoms with Crippen LogP contribution in [-0.4, -0.2) is 5.91 Å². The SMILES string of the molecule is O=C(Nc1ccccc1CCl)c1cccc(Br)c1. The van der Waals surface area contributed by atoms with Crippen molar-refractivity contribution in [2.75, 3.05) is 5.32 Å². The van der Waals surface area contributed by atoms with E-state index in [1.54, 1.807) is 12.1 Å². The molecule has 0 bridgehead atoms. The van der Waals surface area contributed by atoms with Gasteiger partial charge in [0.15, 0.2) is 0 Å². The molecule has 4 heteroatoms. The Morgan fingerprint density at radius 2 is 1.94 bits per heavy atom. The lowest BCUT2D eigenvalue weighted by Gasteiger charge is -2.09. The van der Waals surface area contributed by atoms with Crippen LogP contribution in [-0.2, 0) is 5.88 Å². The Kier molecular flexibility index (Phi) is 4.39. The Balaban J connectivity index is 2.21. The summed E-state index contributed by atoms with van der Waals surface area (Å²) in [5.41, 5.74) is 2.26. The maximum absolute atomic E-state index is 12.1. The van der Waals surface area contributed by atoms with E-state index in [1.165, 1.54) is 0 Å². The van der Waals surface area contributed by atoms with Crippen molar-refractivity contribution in [3.8, 4) is 0 Å². The molecule has 18 heavy (non-hydrogen) atoms. The van der Waals surface area contributed by atoms with Gasteiger partial charge in [-0.25, -0.2) is 0 Å². The molecule has 2 aromatic carbocycles. The number of alkyl halides is 1. The molecule has 0 aromatic heterocycles. The van der Waals surface area contributed by atoms with E-state index >= 15 is 0 Å². The highest BCUT2D eigenvalue weighted by Gasteiger charge is 2.08. The number of halogens is 2. The minimum absolute atomic E-state index is 0.145. The van der Waals surface area contributed by atoms with Crippen LogP contribution in [0, 0.1) is 0 Å². The maximum Gasteiger partial charge on any atom is 0.255 e. The number of carbonyl (C=O) groups is 1. The Morgan fingerprint density at radius 1 is 1.17 bits per heavy atom. The third-order valence-corrected chi connectivity index (χ3v) is 3.28. The number of hydrogen-bond donors (Lipinski definition) is 1. The molecule has 0 aliphatic rings. The van der Waals surface area contributed by atoms with Gasteiger partial charge in [0.1, 0.15) is 0 Å². The van der Waals surface area contributed by atoms with Crippen molar-refractivity contribution in [2.45, 2.75) is 5.88 Å². The Labute approximate surface area is 119 Å². The Hall–Kier alpha value is -1.32. The average molecular weight is 325 g/mol. The molecular weight excluding hydrogens is 314 g/mol. The van der Waals surface area contributed by atoms with Crippen LogP contribution in [0.4, 0.5) is 5.69 Å². The van der Waals surface area contributed by atoms with E-state index in [0.29, 0.717) is 11.4 Å². The number of nitrogens with one attached hydrogen (secondary N) is 1. The first-order valence-electron chi connectivity index (χ1n) is 5.41. The van der Waals surface area contributed by atoms with Crippen molar-refractivity contribution in [1.29, 1.82) is 0 Å². The predicted octanol–water partition coefficient (Wildman–Crippen LogP) is 4.44. The van der Waals surface area contributed by atoms with E-state index in [0.717, 1.165) is 15.7 Å². The first-order chi connectivity index (χ1) is 8.70. The van der Waals surface area contributed by atoms with Crippen molar-refractivity contribution in [3.63, 3.8) is 0 Å². The number of para-hydroxylation sites is 1. The summed E-state index contributed by atoms with van der Waals surface area (Å²) < 4.78 is 0.876. The van der Waals surface area contributed by atoms with Gasteiger partial charge < -0.3 is 5.32 Å². The summed E-state index contributed by atoms with van der Waals surface area (Å²) in [6.07, 6.45) is 0. The summed E-state index contributed by atoms with van der Waals surface area (Å²) in [7, 11) is 0. The highest BCUT2D eigenvalue weighted by atomic mass is 79.9. The second kappa shape index (κ2) is 6.03. The zero-order chi connectivity index (χ0) is 13.0. The molecule has 0 aliphatic carbocycles. The van der Waals surface area contributed by atoms with Crippen molar-refractivity contribution in [2.24, 2.45) is 0 Å². The van der Waals surface area contributed by atoms with E-state index in [2.05, 4.69) is 21.2 Å². The van der Waals surface area contributed by atoms with Crippen LogP contribution in [0.5, 0.6) is 0 Å². The molecule has 0 fully saturated rings. The fourth-order valence-electron chi connectivity index (χ4n) is 1.58. The van der Waals surface area contributed by atoms with E-state index in [-0.39, 0.29) is 5.91 Å². The minimum atomic E-state index is -0.145. The highest BCUT2D eigenvalue weighted by molar-refractivity contribution is 9.10. The van der Waals surface area contributed by atoms with Crippen LogP contribution in [0.2, 0.25) is 0 Å². The molecule has 1 N–H and O–H groups in total. The maximum atomic E-state index is 12.1. The van der Waals surface area contributed by atoms with Gasteiger partial charge >= 0.3 is 0 Å². The van der Waals surface area contributed by atoms with Crippen LogP contribution in [0.15, 0.2) is 53.0 Å². The largest absolute Gasteiger partial charge is 0.322 e. The lowest BCUT2D eigenvalue weighted by molar-refractivity contribution is 0.102. The summed E-state index contributed by atoms with van der Waals surface area (Å²) >= 11 is 9.17. The number of benzene rings is 2. The summed E-state index contributed by atoms with van der Waals surface area (Å²) in [5, 5.41) is 2.86. The van der Waals surface area contributed by atoms with Crippen molar-refractivity contribution in [3.05, 3.63) is 64.1 Å². The molecule has 0 aliphatic heterocycles. The van der Waals surface area contributed by atoms with Gasteiger partial charge in [-0.15, -0.1) is 11.6 Å². The lowest BCUT2D eigenvalue weighted by atomic mass is 10.1. The molecule has 0 unspecified atom stereocenters. The molecule has 0 saturated carbocycles. The molecular formula is C14H11BrClNO. The molecule has 2 nitrogen and oxygen atoms in total. The lowest BCUT2D eigenvalue weighted by Crippen LogP contribution is -2.12. The molecule has 0 heterocycles. The van der Waals surface area contributed by atoms with Crippen LogP contribution < -0.4 is 5.32 Å². The first-order valence-corrected chi connectivity index (χ1v) is 6.74. The van der Waals surface area contributed by atoms with Crippen molar-refractivity contribution < 1.29 is 4.79 Å². The summed E-state index contributed by atoms with van der Waals surface area (Å²) in [6, 6.07) is 14.7. The van der Waals surface area contributed by atoms with Gasteiger partial charge in [0.25, 0.3) is 5.91 Å². The van der Waals surface area contributed by atoms with Gasteiger partial charge in [0.05, 0.1) is 0 Å². The highest BCUT2D eigenvalue weighted by Crippen LogP contribution is 2.19. The molecule has 2 rings (SSSR count). The number of hydrogen-bond acceptors (Lipinski definition) is 1. The number of amides is 1. The van der Waals surface area contributed by atoms with Gasteiger partial charge in [-0.3, -0.25) is 4.79 Å². The van der Waals surface area contributed by atoms with E-state index in [4.69, 9.17) is 11.6 Å². The monoisotopic (exact) mass is 323 g/mol. The van der Waals surface area contributed by atoms with Crippen LogP contribution in [0.25, 0.3) is 0 Å². The molecule has 2 aromatic rings. The quantitative estimate of drug-likeness (QED) is 0.831. The topological polar surface area (TPSA) is 29.1 Å². The summed E-state index contributed by atoms with van der Waals surface area (Å²) in [6.45, 7) is 0. The van der Waals surface area contributed by atoms with Crippen molar-refractivity contribution >= 4 is 39.1 Å². The second-order valence-electron chi connectivity index (χ2n) is 3.76. The van der Waals surface area contributed by atoms with Crippen LogP contribution in [0.1, 0.15) is 15.9 Å². The number of anilines is 1. The number of rotatable bonds is 3. The van der Waals surface area contributed by atoms with Crippen LogP contribution in [0.3, 0.4) is 0 Å². The smallest absolute Gasteiger partial charge is 0.255 e. The molecule has 0 spiro atoms. The van der Waals surface area contributed by atoms with Gasteiger partial charge in [-0.05, 0) is 29.8 Å². The third-order valence-electron chi connectivity index (χ3n) is 2.50. The second-order valence-corrected chi connectivity index (χ2v) is 4.94. The van der Waals surface area contributed by atoms with Crippen molar-refractivity contribution in [1.82, 2.24) is 0 Å². The first kappa shape index (κ1) is 13.1.